The van der Waals surface area contributed by atoms with Crippen molar-refractivity contribution in [2.24, 2.45) is 0 Å². The van der Waals surface area contributed by atoms with Gasteiger partial charge in [-0.3, -0.25) is 4.79 Å². The zero-order valence-electron chi connectivity index (χ0n) is 13.3. The fourth-order valence-electron chi connectivity index (χ4n) is 3.89. The second-order valence-electron chi connectivity index (χ2n) is 6.62. The van der Waals surface area contributed by atoms with E-state index >= 15 is 0 Å². The molecule has 2 heterocycles. The van der Waals surface area contributed by atoms with E-state index in [0.29, 0.717) is 5.69 Å². The maximum absolute atomic E-state index is 13.0. The molecule has 0 saturated carbocycles. The number of nitrogens with zero attached hydrogens (tertiary/aromatic N) is 2. The van der Waals surface area contributed by atoms with Crippen molar-refractivity contribution in [3.63, 3.8) is 0 Å². The molecule has 1 aromatic carbocycles. The van der Waals surface area contributed by atoms with Crippen LogP contribution >= 0.6 is 0 Å². The average Bonchev–Trinajstić information content (AvgIpc) is 3.22. The van der Waals surface area contributed by atoms with Gasteiger partial charge in [0.15, 0.2) is 5.69 Å². The number of benzene rings is 1. The normalized spacial score (nSPS) is 20.5. The summed E-state index contributed by atoms with van der Waals surface area (Å²) < 4.78 is 5.42. The number of hydrogen-bond donors (Lipinski definition) is 0. The number of likely N-dealkylation sites (tertiary alicyclic amines) is 1. The molecule has 0 unspecified atom stereocenters. The van der Waals surface area contributed by atoms with Crippen LogP contribution in [0.15, 0.2) is 34.9 Å². The SMILES string of the molecule is O=C(c1noc2c1CCCC2)N1CCC[C@@H]1Cc1ccccc1. The van der Waals surface area contributed by atoms with Crippen LogP contribution in [0, 0.1) is 0 Å². The number of rotatable bonds is 3. The van der Waals surface area contributed by atoms with Gasteiger partial charge in [0, 0.05) is 24.6 Å². The third kappa shape index (κ3) is 2.78. The fraction of sp³-hybridized carbons (Fsp3) is 0.474. The molecular formula is C19H22N2O2. The zero-order chi connectivity index (χ0) is 15.6. The van der Waals surface area contributed by atoms with Crippen LogP contribution in [0.1, 0.15) is 53.1 Å². The highest BCUT2D eigenvalue weighted by Gasteiger charge is 2.33. The quantitative estimate of drug-likeness (QED) is 0.873. The van der Waals surface area contributed by atoms with Gasteiger partial charge in [0.05, 0.1) is 0 Å². The average molecular weight is 310 g/mol. The van der Waals surface area contributed by atoms with E-state index in [2.05, 4.69) is 29.4 Å². The summed E-state index contributed by atoms with van der Waals surface area (Å²) in [6.07, 6.45) is 7.18. The summed E-state index contributed by atoms with van der Waals surface area (Å²) in [4.78, 5) is 15.0. The predicted octanol–water partition coefficient (Wildman–Crippen LogP) is 3.40. The van der Waals surface area contributed by atoms with Crippen molar-refractivity contribution in [1.29, 1.82) is 0 Å². The Bertz CT molecular complexity index is 693. The van der Waals surface area contributed by atoms with Crippen LogP contribution in [-0.4, -0.2) is 28.6 Å². The third-order valence-corrected chi connectivity index (χ3v) is 5.10. The highest BCUT2D eigenvalue weighted by Crippen LogP contribution is 2.28. The highest BCUT2D eigenvalue weighted by molar-refractivity contribution is 5.94. The van der Waals surface area contributed by atoms with Crippen LogP contribution < -0.4 is 0 Å². The Balaban J connectivity index is 1.54. The van der Waals surface area contributed by atoms with E-state index in [4.69, 9.17) is 4.52 Å². The van der Waals surface area contributed by atoms with E-state index in [9.17, 15) is 4.79 Å². The molecule has 1 aromatic heterocycles. The molecule has 1 aliphatic carbocycles. The Kier molecular flexibility index (Phi) is 3.90. The topological polar surface area (TPSA) is 46.3 Å². The third-order valence-electron chi connectivity index (χ3n) is 5.10. The molecule has 0 spiro atoms. The van der Waals surface area contributed by atoms with E-state index in [0.717, 1.165) is 62.8 Å². The second-order valence-corrected chi connectivity index (χ2v) is 6.62. The predicted molar refractivity (Wildman–Crippen MR) is 87.3 cm³/mol. The van der Waals surface area contributed by atoms with Gasteiger partial charge in [0.25, 0.3) is 5.91 Å². The Morgan fingerprint density at radius 3 is 2.87 bits per heavy atom. The van der Waals surface area contributed by atoms with Gasteiger partial charge < -0.3 is 9.42 Å². The van der Waals surface area contributed by atoms with Crippen LogP contribution in [0.2, 0.25) is 0 Å². The number of amides is 1. The van der Waals surface area contributed by atoms with E-state index in [-0.39, 0.29) is 11.9 Å². The molecule has 0 N–H and O–H groups in total. The minimum Gasteiger partial charge on any atom is -0.360 e. The van der Waals surface area contributed by atoms with Crippen molar-refractivity contribution in [1.82, 2.24) is 10.1 Å². The summed E-state index contributed by atoms with van der Waals surface area (Å²) in [7, 11) is 0. The van der Waals surface area contributed by atoms with E-state index < -0.39 is 0 Å². The summed E-state index contributed by atoms with van der Waals surface area (Å²) in [5.74, 6) is 0.994. The number of aryl methyl sites for hydroxylation is 1. The van der Waals surface area contributed by atoms with Crippen molar-refractivity contribution in [2.45, 2.75) is 51.0 Å². The lowest BCUT2D eigenvalue weighted by Crippen LogP contribution is -2.37. The summed E-state index contributed by atoms with van der Waals surface area (Å²) in [5.41, 5.74) is 2.92. The van der Waals surface area contributed by atoms with Gasteiger partial charge in [0.2, 0.25) is 0 Å². The Labute approximate surface area is 136 Å². The van der Waals surface area contributed by atoms with Gasteiger partial charge in [-0.05, 0) is 44.1 Å². The van der Waals surface area contributed by atoms with Crippen molar-refractivity contribution in [3.05, 3.63) is 52.9 Å². The molecule has 23 heavy (non-hydrogen) atoms. The van der Waals surface area contributed by atoms with Crippen LogP contribution in [0.5, 0.6) is 0 Å². The van der Waals surface area contributed by atoms with Crippen molar-refractivity contribution in [2.75, 3.05) is 6.54 Å². The molecule has 0 bridgehead atoms. The number of aromatic nitrogens is 1. The monoisotopic (exact) mass is 310 g/mol. The maximum atomic E-state index is 13.0. The van der Waals surface area contributed by atoms with E-state index in [1.54, 1.807) is 0 Å². The number of hydrogen-bond acceptors (Lipinski definition) is 3. The number of carbonyl (C=O) groups excluding carboxylic acids is 1. The molecule has 1 saturated heterocycles. The lowest BCUT2D eigenvalue weighted by molar-refractivity contribution is 0.0725. The van der Waals surface area contributed by atoms with Crippen molar-refractivity contribution in [3.8, 4) is 0 Å². The van der Waals surface area contributed by atoms with Crippen LogP contribution in [0.4, 0.5) is 0 Å². The lowest BCUT2D eigenvalue weighted by atomic mass is 9.96. The molecule has 2 aliphatic rings. The molecule has 4 rings (SSSR count). The van der Waals surface area contributed by atoms with Crippen LogP contribution in [0.25, 0.3) is 0 Å². The molecule has 1 atom stereocenters. The van der Waals surface area contributed by atoms with Crippen molar-refractivity contribution >= 4 is 5.91 Å². The molecular weight excluding hydrogens is 288 g/mol. The minimum atomic E-state index is 0.0651. The molecule has 4 nitrogen and oxygen atoms in total. The maximum Gasteiger partial charge on any atom is 0.276 e. The number of carbonyl (C=O) groups is 1. The molecule has 0 radical (unpaired) electrons. The largest absolute Gasteiger partial charge is 0.360 e. The Morgan fingerprint density at radius 1 is 1.17 bits per heavy atom. The van der Waals surface area contributed by atoms with Crippen molar-refractivity contribution < 1.29 is 9.32 Å². The molecule has 120 valence electrons. The first-order valence-electron chi connectivity index (χ1n) is 8.65. The first kappa shape index (κ1) is 14.5. The minimum absolute atomic E-state index is 0.0651. The van der Waals surface area contributed by atoms with Gasteiger partial charge in [-0.15, -0.1) is 0 Å². The first-order chi connectivity index (χ1) is 11.3. The summed E-state index contributed by atoms with van der Waals surface area (Å²) in [6, 6.07) is 10.7. The molecule has 4 heteroatoms. The molecule has 1 aliphatic heterocycles. The van der Waals surface area contributed by atoms with Gasteiger partial charge >= 0.3 is 0 Å². The second kappa shape index (κ2) is 6.19. The molecule has 2 aromatic rings. The van der Waals surface area contributed by atoms with Gasteiger partial charge in [-0.2, -0.15) is 0 Å². The standard InChI is InChI=1S/C19H22N2O2/c22-19(18-16-10-4-5-11-17(16)23-20-18)21-12-6-9-15(21)13-14-7-2-1-3-8-14/h1-3,7-8,15H,4-6,9-13H2/t15-/m1/s1. The Hall–Kier alpha value is -2.10. The molecule has 1 amide bonds. The summed E-state index contributed by atoms with van der Waals surface area (Å²) in [5, 5.41) is 4.12. The van der Waals surface area contributed by atoms with E-state index in [1.807, 2.05) is 11.0 Å². The number of fused-ring (bicyclic) bond motifs is 1. The van der Waals surface area contributed by atoms with Gasteiger partial charge in [-0.25, -0.2) is 0 Å². The summed E-state index contributed by atoms with van der Waals surface area (Å²) >= 11 is 0. The highest BCUT2D eigenvalue weighted by atomic mass is 16.5. The van der Waals surface area contributed by atoms with E-state index in [1.165, 1.54) is 5.56 Å². The smallest absolute Gasteiger partial charge is 0.276 e. The molecule has 1 fully saturated rings. The van der Waals surface area contributed by atoms with Gasteiger partial charge in [0.1, 0.15) is 5.76 Å². The lowest BCUT2D eigenvalue weighted by Gasteiger charge is -2.24. The van der Waals surface area contributed by atoms with Gasteiger partial charge in [-0.1, -0.05) is 35.5 Å². The Morgan fingerprint density at radius 2 is 2.00 bits per heavy atom. The van der Waals surface area contributed by atoms with Crippen LogP contribution in [0.3, 0.4) is 0 Å². The fourth-order valence-corrected chi connectivity index (χ4v) is 3.89. The zero-order valence-corrected chi connectivity index (χ0v) is 13.3. The summed E-state index contributed by atoms with van der Waals surface area (Å²) in [6.45, 7) is 0.831. The first-order valence-corrected chi connectivity index (χ1v) is 8.65. The van der Waals surface area contributed by atoms with Crippen LogP contribution in [-0.2, 0) is 19.3 Å².